The molecule has 0 bridgehead atoms. The zero-order valence-corrected chi connectivity index (χ0v) is 19.9. The van der Waals surface area contributed by atoms with Gasteiger partial charge in [-0.1, -0.05) is 0 Å². The normalized spacial score (nSPS) is 12.4. The number of aromatic amines is 1. The number of aryl methyl sites for hydroxylation is 3. The number of hydrogen-bond donors (Lipinski definition) is 4. The molecule has 0 radical (unpaired) electrons. The molecule has 4 N–H and O–H groups in total. The maximum absolute atomic E-state index is 12.9. The molecular formula is C27H24N2O7. The molecule has 9 nitrogen and oxygen atoms in total. The summed E-state index contributed by atoms with van der Waals surface area (Å²) in [7, 11) is 0. The van der Waals surface area contributed by atoms with Crippen LogP contribution in [-0.2, 0) is 22.4 Å². The van der Waals surface area contributed by atoms with Gasteiger partial charge in [0.05, 0.1) is 23.6 Å². The lowest BCUT2D eigenvalue weighted by molar-refractivity contribution is -0.141. The summed E-state index contributed by atoms with van der Waals surface area (Å²) in [6.45, 7) is 5.55. The average Bonchev–Trinajstić information content (AvgIpc) is 3.39. The second kappa shape index (κ2) is 8.60. The van der Waals surface area contributed by atoms with Gasteiger partial charge in [0.15, 0.2) is 0 Å². The summed E-state index contributed by atoms with van der Waals surface area (Å²) in [6, 6.07) is 5.27. The second-order valence-corrected chi connectivity index (χ2v) is 9.07. The van der Waals surface area contributed by atoms with Crippen LogP contribution < -0.4 is 10.9 Å². The number of amides is 1. The largest absolute Gasteiger partial charge is 0.508 e. The third-order valence-electron chi connectivity index (χ3n) is 6.61. The highest BCUT2D eigenvalue weighted by molar-refractivity contribution is 6.07. The number of nitrogens with one attached hydrogen (secondary N) is 2. The van der Waals surface area contributed by atoms with Crippen LogP contribution >= 0.6 is 0 Å². The second-order valence-electron chi connectivity index (χ2n) is 9.07. The fraction of sp³-hybridized carbons (Fsp3) is 0.222. The lowest BCUT2D eigenvalue weighted by Crippen LogP contribution is -2.43. The minimum Gasteiger partial charge on any atom is -0.508 e. The molecule has 5 aromatic rings. The van der Waals surface area contributed by atoms with Crippen molar-refractivity contribution < 1.29 is 28.6 Å². The number of fused-ring (bicyclic) bond motifs is 4. The van der Waals surface area contributed by atoms with E-state index in [-0.39, 0.29) is 24.2 Å². The molecule has 3 heterocycles. The Balaban J connectivity index is 1.45. The van der Waals surface area contributed by atoms with E-state index >= 15 is 0 Å². The number of furan rings is 1. The molecule has 184 valence electrons. The Morgan fingerprint density at radius 3 is 2.64 bits per heavy atom. The summed E-state index contributed by atoms with van der Waals surface area (Å²) in [5.41, 5.74) is 4.20. The summed E-state index contributed by atoms with van der Waals surface area (Å²) in [5, 5.41) is 24.2. The maximum atomic E-state index is 12.9. The quantitative estimate of drug-likeness (QED) is 0.264. The molecule has 1 amide bonds. The predicted molar refractivity (Wildman–Crippen MR) is 133 cm³/mol. The van der Waals surface area contributed by atoms with Crippen LogP contribution in [0.3, 0.4) is 0 Å². The highest BCUT2D eigenvalue weighted by Crippen LogP contribution is 2.34. The number of aromatic hydroxyl groups is 1. The standard InChI is InChI=1S/C27H24N2O7/c1-12-6-21-24(25-23(12)13(2)11-35-25)14(3)17(27(34)36-21)9-22(31)29-20(26(32)33)7-15-10-28-19-5-4-16(30)8-18(15)19/h4-6,8,10-11,20,28,30H,7,9H2,1-3H3,(H,29,31)(H,32,33). The number of hydrogen-bond acceptors (Lipinski definition) is 6. The Morgan fingerprint density at radius 2 is 1.89 bits per heavy atom. The van der Waals surface area contributed by atoms with E-state index < -0.39 is 23.5 Å². The molecule has 0 saturated heterocycles. The van der Waals surface area contributed by atoms with Crippen LogP contribution in [-0.4, -0.2) is 33.1 Å². The van der Waals surface area contributed by atoms with Crippen molar-refractivity contribution in [1.82, 2.24) is 10.3 Å². The first-order valence-electron chi connectivity index (χ1n) is 11.4. The lowest BCUT2D eigenvalue weighted by atomic mass is 9.98. The molecule has 0 fully saturated rings. The summed E-state index contributed by atoms with van der Waals surface area (Å²) in [6.07, 6.45) is 2.92. The van der Waals surface area contributed by atoms with Crippen LogP contribution in [0.2, 0.25) is 0 Å². The van der Waals surface area contributed by atoms with Crippen molar-refractivity contribution in [3.05, 3.63) is 75.0 Å². The van der Waals surface area contributed by atoms with Crippen LogP contribution in [0.15, 0.2) is 50.4 Å². The van der Waals surface area contributed by atoms with E-state index in [2.05, 4.69) is 10.3 Å². The Hall–Kier alpha value is -4.53. The molecular weight excluding hydrogens is 464 g/mol. The van der Waals surface area contributed by atoms with Gasteiger partial charge >= 0.3 is 11.6 Å². The molecule has 2 aromatic carbocycles. The molecule has 0 spiro atoms. The minimum absolute atomic E-state index is 0.0125. The number of aromatic nitrogens is 1. The van der Waals surface area contributed by atoms with Crippen LogP contribution in [0.5, 0.6) is 5.75 Å². The number of carbonyl (C=O) groups is 2. The van der Waals surface area contributed by atoms with E-state index in [1.807, 2.05) is 13.8 Å². The van der Waals surface area contributed by atoms with Crippen molar-refractivity contribution in [2.24, 2.45) is 0 Å². The Labute approximate surface area is 204 Å². The van der Waals surface area contributed by atoms with Gasteiger partial charge in [0.1, 0.15) is 23.0 Å². The predicted octanol–water partition coefficient (Wildman–Crippen LogP) is 4.01. The van der Waals surface area contributed by atoms with Gasteiger partial charge in [-0.3, -0.25) is 4.79 Å². The van der Waals surface area contributed by atoms with E-state index in [0.717, 1.165) is 22.0 Å². The maximum Gasteiger partial charge on any atom is 0.340 e. The van der Waals surface area contributed by atoms with Crippen molar-refractivity contribution >= 4 is 44.7 Å². The third-order valence-corrected chi connectivity index (χ3v) is 6.61. The first-order chi connectivity index (χ1) is 17.1. The van der Waals surface area contributed by atoms with Crippen LogP contribution in [0.4, 0.5) is 0 Å². The van der Waals surface area contributed by atoms with E-state index in [4.69, 9.17) is 8.83 Å². The molecule has 5 rings (SSSR count). The topological polar surface area (TPSA) is 146 Å². The number of aliphatic carboxylic acids is 1. The monoisotopic (exact) mass is 488 g/mol. The van der Waals surface area contributed by atoms with Crippen LogP contribution in [0.25, 0.3) is 32.8 Å². The first kappa shape index (κ1) is 23.2. The van der Waals surface area contributed by atoms with Crippen molar-refractivity contribution in [2.45, 2.75) is 39.7 Å². The number of carboxylic acid groups (broad SMARTS) is 1. The van der Waals surface area contributed by atoms with E-state index in [9.17, 15) is 24.6 Å². The molecule has 36 heavy (non-hydrogen) atoms. The van der Waals surface area contributed by atoms with Gasteiger partial charge < -0.3 is 29.3 Å². The molecule has 1 atom stereocenters. The number of phenolic OH excluding ortho intramolecular Hbond substituents is 1. The molecule has 9 heteroatoms. The number of carbonyl (C=O) groups excluding carboxylic acids is 1. The van der Waals surface area contributed by atoms with Crippen molar-refractivity contribution in [1.29, 1.82) is 0 Å². The molecule has 0 aliphatic heterocycles. The van der Waals surface area contributed by atoms with Gasteiger partial charge in [-0.15, -0.1) is 0 Å². The number of H-pyrrole nitrogens is 1. The minimum atomic E-state index is -1.24. The highest BCUT2D eigenvalue weighted by atomic mass is 16.4. The molecule has 3 aromatic heterocycles. The first-order valence-corrected chi connectivity index (χ1v) is 11.4. The number of rotatable bonds is 6. The van der Waals surface area contributed by atoms with Crippen LogP contribution in [0, 0.1) is 20.8 Å². The van der Waals surface area contributed by atoms with E-state index in [0.29, 0.717) is 33.1 Å². The van der Waals surface area contributed by atoms with Crippen molar-refractivity contribution in [2.75, 3.05) is 0 Å². The fourth-order valence-electron chi connectivity index (χ4n) is 4.84. The van der Waals surface area contributed by atoms with Crippen molar-refractivity contribution in [3.63, 3.8) is 0 Å². The smallest absolute Gasteiger partial charge is 0.340 e. The molecule has 0 aliphatic carbocycles. The van der Waals surface area contributed by atoms with Crippen LogP contribution in [0.1, 0.15) is 27.8 Å². The van der Waals surface area contributed by atoms with Gasteiger partial charge in [0, 0.05) is 28.9 Å². The lowest BCUT2D eigenvalue weighted by Gasteiger charge is -2.15. The van der Waals surface area contributed by atoms with Gasteiger partial charge in [-0.25, -0.2) is 9.59 Å². The highest BCUT2D eigenvalue weighted by Gasteiger charge is 2.25. The number of phenols is 1. The van der Waals surface area contributed by atoms with Gasteiger partial charge in [-0.05, 0) is 67.3 Å². The summed E-state index contributed by atoms with van der Waals surface area (Å²) in [5.74, 6) is -1.80. The third kappa shape index (κ3) is 3.88. The zero-order valence-electron chi connectivity index (χ0n) is 19.9. The van der Waals surface area contributed by atoms with Gasteiger partial charge in [0.25, 0.3) is 0 Å². The van der Waals surface area contributed by atoms with E-state index in [1.54, 1.807) is 31.5 Å². The molecule has 1 unspecified atom stereocenters. The zero-order chi connectivity index (χ0) is 25.7. The summed E-state index contributed by atoms with van der Waals surface area (Å²) < 4.78 is 11.3. The number of carboxylic acids is 1. The Bertz CT molecular complexity index is 1740. The van der Waals surface area contributed by atoms with Crippen molar-refractivity contribution in [3.8, 4) is 5.75 Å². The molecule has 0 saturated carbocycles. The Kier molecular flexibility index (Phi) is 5.55. The summed E-state index contributed by atoms with van der Waals surface area (Å²) in [4.78, 5) is 40.6. The van der Waals surface area contributed by atoms with Gasteiger partial charge in [0.2, 0.25) is 5.91 Å². The summed E-state index contributed by atoms with van der Waals surface area (Å²) >= 11 is 0. The average molecular weight is 488 g/mol. The Morgan fingerprint density at radius 1 is 1.11 bits per heavy atom. The van der Waals surface area contributed by atoms with E-state index in [1.165, 1.54) is 12.1 Å². The fourth-order valence-corrected chi connectivity index (χ4v) is 4.84. The molecule has 0 aliphatic rings. The SMILES string of the molecule is Cc1coc2c1c(C)cc1oc(=O)c(CC(=O)NC(Cc3c[nH]c4ccc(O)cc34)C(=O)O)c(C)c12. The van der Waals surface area contributed by atoms with Gasteiger partial charge in [-0.2, -0.15) is 0 Å². The number of benzene rings is 2.